The molecule has 3 aromatic heterocycles. The summed E-state index contributed by atoms with van der Waals surface area (Å²) in [6, 6.07) is 16.9. The number of hydrogen-bond acceptors (Lipinski definition) is 10. The maximum atomic E-state index is 13.5. The van der Waals surface area contributed by atoms with Gasteiger partial charge in [-0.2, -0.15) is 5.26 Å². The van der Waals surface area contributed by atoms with Gasteiger partial charge in [0.05, 0.1) is 10.6 Å². The number of rotatable bonds is 7. The van der Waals surface area contributed by atoms with Crippen molar-refractivity contribution >= 4 is 54.8 Å². The van der Waals surface area contributed by atoms with Gasteiger partial charge in [0.2, 0.25) is 11.7 Å². The van der Waals surface area contributed by atoms with Crippen LogP contribution in [0.5, 0.6) is 0 Å². The molecule has 10 nitrogen and oxygen atoms in total. The smallest absolute Gasteiger partial charge is 0.264 e. The highest BCUT2D eigenvalue weighted by atomic mass is 32.2. The van der Waals surface area contributed by atoms with Gasteiger partial charge in [-0.1, -0.05) is 31.2 Å². The number of carbonyl (C=O) groups is 1. The number of aromatic nitrogens is 3. The van der Waals surface area contributed by atoms with Crippen LogP contribution in [0.15, 0.2) is 65.7 Å². The standard InChI is InChI=1S/C28H23N7O3S2/c1-3-16-4-6-17(7-5-16)21-20(14-29)26(31)34-27-22(21)23(30)25(39-27)24(36)18-8-10-19(11-9-18)40(37,38)35-28-32-13-12-15(2)33-28/h4-13H,3,30H2,1-2H3,(H2,31,34)(H,32,33,35). The molecule has 0 radical (unpaired) electrons. The minimum atomic E-state index is -3.98. The number of nitriles is 1. The molecule has 0 unspecified atom stereocenters. The number of nitrogens with zero attached hydrogens (tertiary/aromatic N) is 4. The van der Waals surface area contributed by atoms with E-state index >= 15 is 0 Å². The number of sulfonamides is 1. The number of carbonyl (C=O) groups excluding carboxylic acids is 1. The van der Waals surface area contributed by atoms with Crippen molar-refractivity contribution in [3.05, 3.63) is 88.1 Å². The summed E-state index contributed by atoms with van der Waals surface area (Å²) in [5, 5.41) is 10.3. The molecule has 5 N–H and O–H groups in total. The third-order valence-corrected chi connectivity index (χ3v) is 8.76. The molecule has 2 aromatic carbocycles. The maximum Gasteiger partial charge on any atom is 0.264 e. The predicted octanol–water partition coefficient (Wildman–Crippen LogP) is 4.69. The van der Waals surface area contributed by atoms with E-state index in [9.17, 15) is 18.5 Å². The lowest BCUT2D eigenvalue weighted by Crippen LogP contribution is -2.15. The van der Waals surface area contributed by atoms with Gasteiger partial charge in [0.25, 0.3) is 10.0 Å². The number of thiophene rings is 1. The van der Waals surface area contributed by atoms with Crippen LogP contribution in [0.4, 0.5) is 17.5 Å². The van der Waals surface area contributed by atoms with E-state index in [1.54, 1.807) is 13.0 Å². The SMILES string of the molecule is CCc1ccc(-c2c(C#N)c(N)nc3sc(C(=O)c4ccc(S(=O)(=O)Nc5nccc(C)n5)cc4)c(N)c23)cc1. The molecule has 0 saturated heterocycles. The van der Waals surface area contributed by atoms with Gasteiger partial charge < -0.3 is 11.5 Å². The molecule has 0 aliphatic rings. The van der Waals surface area contributed by atoms with E-state index in [0.29, 0.717) is 21.5 Å². The molecule has 0 spiro atoms. The predicted molar refractivity (Wildman–Crippen MR) is 155 cm³/mol. The van der Waals surface area contributed by atoms with E-state index in [1.807, 2.05) is 31.2 Å². The molecule has 200 valence electrons. The monoisotopic (exact) mass is 569 g/mol. The van der Waals surface area contributed by atoms with Gasteiger partial charge in [0.1, 0.15) is 27.2 Å². The number of ketones is 1. The Morgan fingerprint density at radius 2 is 1.75 bits per heavy atom. The number of nitrogen functional groups attached to an aromatic ring is 2. The molecule has 0 aliphatic carbocycles. The minimum absolute atomic E-state index is 0.0458. The van der Waals surface area contributed by atoms with Gasteiger partial charge in [-0.3, -0.25) is 4.79 Å². The topological polar surface area (TPSA) is 178 Å². The first-order valence-corrected chi connectivity index (χ1v) is 14.4. The van der Waals surface area contributed by atoms with Crippen LogP contribution in [-0.2, 0) is 16.4 Å². The molecule has 12 heteroatoms. The number of hydrogen-bond donors (Lipinski definition) is 3. The molecule has 40 heavy (non-hydrogen) atoms. The van der Waals surface area contributed by atoms with Crippen LogP contribution >= 0.6 is 11.3 Å². The zero-order valence-corrected chi connectivity index (χ0v) is 23.1. The van der Waals surface area contributed by atoms with Crippen molar-refractivity contribution in [1.29, 1.82) is 5.26 Å². The summed E-state index contributed by atoms with van der Waals surface area (Å²) in [6.45, 7) is 3.76. The van der Waals surface area contributed by atoms with E-state index in [-0.39, 0.29) is 38.4 Å². The lowest BCUT2D eigenvalue weighted by molar-refractivity contribution is 0.104. The first-order chi connectivity index (χ1) is 19.1. The molecular formula is C28H23N7O3S2. The number of pyridine rings is 1. The van der Waals surface area contributed by atoms with Crippen LogP contribution in [-0.4, -0.2) is 29.2 Å². The minimum Gasteiger partial charge on any atom is -0.397 e. The highest BCUT2D eigenvalue weighted by molar-refractivity contribution is 7.92. The van der Waals surface area contributed by atoms with E-state index in [4.69, 9.17) is 11.5 Å². The molecule has 5 aromatic rings. The van der Waals surface area contributed by atoms with Crippen LogP contribution in [0.1, 0.15) is 39.0 Å². The Morgan fingerprint density at radius 1 is 1.05 bits per heavy atom. The van der Waals surface area contributed by atoms with Crippen LogP contribution in [0, 0.1) is 18.3 Å². The Balaban J connectivity index is 1.53. The Labute approximate surface area is 234 Å². The normalized spacial score (nSPS) is 11.3. The molecule has 0 aliphatic heterocycles. The van der Waals surface area contributed by atoms with Gasteiger partial charge in [0.15, 0.2) is 0 Å². The van der Waals surface area contributed by atoms with Crippen LogP contribution in [0.3, 0.4) is 0 Å². The first kappa shape index (κ1) is 26.7. The van der Waals surface area contributed by atoms with Crippen LogP contribution in [0.25, 0.3) is 21.3 Å². The molecule has 0 saturated carbocycles. The highest BCUT2D eigenvalue weighted by Gasteiger charge is 2.25. The Kier molecular flexibility index (Phi) is 6.93. The van der Waals surface area contributed by atoms with Crippen LogP contribution in [0.2, 0.25) is 0 Å². The number of anilines is 3. The number of nitrogens with two attached hydrogens (primary N) is 2. The Bertz CT molecular complexity index is 1930. The molecule has 0 fully saturated rings. The van der Waals surface area contributed by atoms with Gasteiger partial charge >= 0.3 is 0 Å². The van der Waals surface area contributed by atoms with Crippen molar-refractivity contribution in [1.82, 2.24) is 15.0 Å². The van der Waals surface area contributed by atoms with Crippen molar-refractivity contribution in [2.24, 2.45) is 0 Å². The van der Waals surface area contributed by atoms with Crippen LogP contribution < -0.4 is 16.2 Å². The van der Waals surface area contributed by atoms with E-state index < -0.39 is 15.8 Å². The maximum absolute atomic E-state index is 13.5. The van der Waals surface area contributed by atoms with Crippen molar-refractivity contribution in [2.75, 3.05) is 16.2 Å². The van der Waals surface area contributed by atoms with Gasteiger partial charge in [-0.15, -0.1) is 11.3 Å². The number of benzene rings is 2. The fraction of sp³-hybridized carbons (Fsp3) is 0.107. The Morgan fingerprint density at radius 3 is 2.38 bits per heavy atom. The fourth-order valence-electron chi connectivity index (χ4n) is 4.24. The quantitative estimate of drug-likeness (QED) is 0.234. The van der Waals surface area contributed by atoms with Gasteiger partial charge in [-0.05, 0) is 54.8 Å². The van der Waals surface area contributed by atoms with Gasteiger partial charge in [0, 0.05) is 28.4 Å². The summed E-state index contributed by atoms with van der Waals surface area (Å²) in [7, 11) is -3.98. The van der Waals surface area contributed by atoms with E-state index in [1.165, 1.54) is 30.5 Å². The molecule has 0 atom stereocenters. The van der Waals surface area contributed by atoms with Gasteiger partial charge in [-0.25, -0.2) is 28.1 Å². The summed E-state index contributed by atoms with van der Waals surface area (Å²) in [6.07, 6.45) is 2.30. The first-order valence-electron chi connectivity index (χ1n) is 12.1. The van der Waals surface area contributed by atoms with E-state index in [2.05, 4.69) is 25.7 Å². The summed E-state index contributed by atoms with van der Waals surface area (Å²) in [4.78, 5) is 26.4. The average molecular weight is 570 g/mol. The van der Waals surface area contributed by atoms with Crippen molar-refractivity contribution in [3.63, 3.8) is 0 Å². The second-order valence-corrected chi connectivity index (χ2v) is 11.6. The third-order valence-electron chi connectivity index (χ3n) is 6.32. The third kappa shape index (κ3) is 4.84. The molecule has 5 rings (SSSR count). The zero-order valence-electron chi connectivity index (χ0n) is 21.5. The molecule has 0 bridgehead atoms. The van der Waals surface area contributed by atoms with Crippen molar-refractivity contribution in [3.8, 4) is 17.2 Å². The van der Waals surface area contributed by atoms with Crippen molar-refractivity contribution in [2.45, 2.75) is 25.2 Å². The van der Waals surface area contributed by atoms with Crippen molar-refractivity contribution < 1.29 is 13.2 Å². The lowest BCUT2D eigenvalue weighted by Gasteiger charge is -2.10. The molecule has 3 heterocycles. The second kappa shape index (κ2) is 10.4. The average Bonchev–Trinajstić information content (AvgIpc) is 3.27. The molecule has 0 amide bonds. The Hall–Kier alpha value is -4.86. The lowest BCUT2D eigenvalue weighted by atomic mass is 9.95. The highest BCUT2D eigenvalue weighted by Crippen LogP contribution is 2.43. The fourth-order valence-corrected chi connectivity index (χ4v) is 6.27. The summed E-state index contributed by atoms with van der Waals surface area (Å²) >= 11 is 1.07. The molecular weight excluding hydrogens is 546 g/mol. The summed E-state index contributed by atoms with van der Waals surface area (Å²) in [5.74, 6) is -0.421. The number of nitrogens with one attached hydrogen (secondary N) is 1. The number of fused-ring (bicyclic) bond motifs is 1. The number of aryl methyl sites for hydroxylation is 2. The summed E-state index contributed by atoms with van der Waals surface area (Å²) < 4.78 is 27.9. The zero-order chi connectivity index (χ0) is 28.6. The second-order valence-electron chi connectivity index (χ2n) is 8.91. The largest absolute Gasteiger partial charge is 0.397 e. The van der Waals surface area contributed by atoms with E-state index in [0.717, 1.165) is 28.9 Å². The summed E-state index contributed by atoms with van der Waals surface area (Å²) in [5.41, 5.74) is 16.2.